The standard InChI is InChI=1S/C10H15NO4S/c1-2-10(12)15-8-4-7-3-6(8)5-9(7)16(11,13)14/h2,6-9H,1,3-5H2,(H2,11,13,14). The Morgan fingerprint density at radius 1 is 1.31 bits per heavy atom. The van der Waals surface area contributed by atoms with Gasteiger partial charge in [-0.2, -0.15) is 0 Å². The average molecular weight is 245 g/mol. The van der Waals surface area contributed by atoms with Gasteiger partial charge in [0.05, 0.1) is 5.25 Å². The van der Waals surface area contributed by atoms with Crippen LogP contribution in [-0.2, 0) is 19.6 Å². The number of carbonyl (C=O) groups excluding carboxylic acids is 1. The zero-order valence-electron chi connectivity index (χ0n) is 8.83. The molecule has 6 heteroatoms. The van der Waals surface area contributed by atoms with E-state index in [2.05, 4.69) is 6.58 Å². The van der Waals surface area contributed by atoms with Crippen LogP contribution in [0.3, 0.4) is 0 Å². The largest absolute Gasteiger partial charge is 0.459 e. The second kappa shape index (κ2) is 3.85. The van der Waals surface area contributed by atoms with Gasteiger partial charge < -0.3 is 4.74 Å². The molecule has 0 amide bonds. The lowest BCUT2D eigenvalue weighted by Gasteiger charge is -2.26. The summed E-state index contributed by atoms with van der Waals surface area (Å²) in [5, 5.41) is 4.70. The molecule has 0 heterocycles. The lowest BCUT2D eigenvalue weighted by atomic mass is 9.97. The number of hydrogen-bond acceptors (Lipinski definition) is 4. The van der Waals surface area contributed by atoms with Gasteiger partial charge in [-0.1, -0.05) is 6.58 Å². The molecule has 2 rings (SSSR count). The molecule has 0 saturated heterocycles. The Labute approximate surface area is 94.7 Å². The fourth-order valence-electron chi connectivity index (χ4n) is 2.91. The van der Waals surface area contributed by atoms with E-state index in [-0.39, 0.29) is 17.9 Å². The fourth-order valence-corrected chi connectivity index (χ4v) is 4.19. The van der Waals surface area contributed by atoms with Crippen LogP contribution in [0.1, 0.15) is 19.3 Å². The molecule has 4 atom stereocenters. The highest BCUT2D eigenvalue weighted by molar-refractivity contribution is 7.89. The molecule has 2 aliphatic carbocycles. The number of fused-ring (bicyclic) bond motifs is 2. The molecule has 0 aromatic rings. The van der Waals surface area contributed by atoms with Crippen molar-refractivity contribution in [2.45, 2.75) is 30.6 Å². The van der Waals surface area contributed by atoms with Crippen molar-refractivity contribution in [1.82, 2.24) is 0 Å². The number of sulfonamides is 1. The third-order valence-electron chi connectivity index (χ3n) is 3.58. The maximum Gasteiger partial charge on any atom is 0.330 e. The molecule has 5 nitrogen and oxygen atoms in total. The molecule has 4 unspecified atom stereocenters. The Morgan fingerprint density at radius 2 is 2.00 bits per heavy atom. The molecule has 0 radical (unpaired) electrons. The summed E-state index contributed by atoms with van der Waals surface area (Å²) in [4.78, 5) is 11.0. The Morgan fingerprint density at radius 3 is 2.44 bits per heavy atom. The Hall–Kier alpha value is -0.880. The summed E-state index contributed by atoms with van der Waals surface area (Å²) in [6.45, 7) is 3.33. The van der Waals surface area contributed by atoms with E-state index in [0.717, 1.165) is 12.5 Å². The van der Waals surface area contributed by atoms with E-state index in [1.54, 1.807) is 0 Å². The number of hydrogen-bond donors (Lipinski definition) is 1. The predicted octanol–water partition coefficient (Wildman–Crippen LogP) is 0.171. The van der Waals surface area contributed by atoms with E-state index >= 15 is 0 Å². The molecule has 16 heavy (non-hydrogen) atoms. The molecule has 2 bridgehead atoms. The third-order valence-corrected chi connectivity index (χ3v) is 5.00. The average Bonchev–Trinajstić information content (AvgIpc) is 2.75. The summed E-state index contributed by atoms with van der Waals surface area (Å²) < 4.78 is 27.7. The normalized spacial score (nSPS) is 37.3. The lowest BCUT2D eigenvalue weighted by Crippen LogP contribution is -2.37. The van der Waals surface area contributed by atoms with Gasteiger partial charge in [-0.15, -0.1) is 0 Å². The topological polar surface area (TPSA) is 86.5 Å². The smallest absolute Gasteiger partial charge is 0.330 e. The van der Waals surface area contributed by atoms with Gasteiger partial charge in [0.1, 0.15) is 6.10 Å². The zero-order valence-corrected chi connectivity index (χ0v) is 9.65. The van der Waals surface area contributed by atoms with Gasteiger partial charge in [0.15, 0.2) is 0 Å². The molecule has 2 saturated carbocycles. The fraction of sp³-hybridized carbons (Fsp3) is 0.700. The second-order valence-electron chi connectivity index (χ2n) is 4.53. The SMILES string of the molecule is C=CC(=O)OC1CC2CC1CC2S(N)(=O)=O. The summed E-state index contributed by atoms with van der Waals surface area (Å²) in [6, 6.07) is 0. The van der Waals surface area contributed by atoms with Crippen LogP contribution in [0.5, 0.6) is 0 Å². The molecule has 2 fully saturated rings. The van der Waals surface area contributed by atoms with Crippen molar-refractivity contribution in [3.8, 4) is 0 Å². The van der Waals surface area contributed by atoms with Gasteiger partial charge in [-0.05, 0) is 31.1 Å². The monoisotopic (exact) mass is 245 g/mol. The second-order valence-corrected chi connectivity index (χ2v) is 6.32. The van der Waals surface area contributed by atoms with Crippen molar-refractivity contribution in [3.63, 3.8) is 0 Å². The molecular formula is C10H15NO4S. The van der Waals surface area contributed by atoms with Crippen LogP contribution in [0.4, 0.5) is 0 Å². The highest BCUT2D eigenvalue weighted by atomic mass is 32.2. The van der Waals surface area contributed by atoms with Crippen LogP contribution in [-0.4, -0.2) is 25.7 Å². The predicted molar refractivity (Wildman–Crippen MR) is 57.8 cm³/mol. The van der Waals surface area contributed by atoms with Gasteiger partial charge in [-0.3, -0.25) is 0 Å². The molecule has 0 spiro atoms. The third kappa shape index (κ3) is 1.99. The number of esters is 1. The number of nitrogens with two attached hydrogens (primary N) is 1. The summed E-state index contributed by atoms with van der Waals surface area (Å²) in [5.41, 5.74) is 0. The first-order valence-electron chi connectivity index (χ1n) is 5.26. The van der Waals surface area contributed by atoms with Crippen LogP contribution in [0.2, 0.25) is 0 Å². The van der Waals surface area contributed by atoms with E-state index < -0.39 is 21.2 Å². The van der Waals surface area contributed by atoms with Crippen molar-refractivity contribution in [2.24, 2.45) is 17.0 Å². The summed E-state index contributed by atoms with van der Waals surface area (Å²) in [6.07, 6.45) is 2.87. The van der Waals surface area contributed by atoms with E-state index in [0.29, 0.717) is 12.8 Å². The van der Waals surface area contributed by atoms with Gasteiger partial charge in [0.25, 0.3) is 0 Å². The van der Waals surface area contributed by atoms with Crippen molar-refractivity contribution in [3.05, 3.63) is 12.7 Å². The number of ether oxygens (including phenoxy) is 1. The van der Waals surface area contributed by atoms with Gasteiger partial charge >= 0.3 is 5.97 Å². The summed E-state index contributed by atoms with van der Waals surface area (Å²) in [5.74, 6) is -0.260. The highest BCUT2D eigenvalue weighted by Gasteiger charge is 2.51. The summed E-state index contributed by atoms with van der Waals surface area (Å²) in [7, 11) is -3.45. The molecule has 2 aliphatic rings. The first-order valence-corrected chi connectivity index (χ1v) is 6.87. The van der Waals surface area contributed by atoms with Crippen LogP contribution in [0, 0.1) is 11.8 Å². The van der Waals surface area contributed by atoms with Crippen molar-refractivity contribution in [1.29, 1.82) is 0 Å². The Kier molecular flexibility index (Phi) is 2.79. The van der Waals surface area contributed by atoms with Crippen LogP contribution < -0.4 is 5.14 Å². The molecule has 2 N–H and O–H groups in total. The molecule has 0 aliphatic heterocycles. The van der Waals surface area contributed by atoms with E-state index in [1.807, 2.05) is 0 Å². The minimum absolute atomic E-state index is 0.0441. The maximum atomic E-state index is 11.3. The highest BCUT2D eigenvalue weighted by Crippen LogP contribution is 2.48. The van der Waals surface area contributed by atoms with E-state index in [4.69, 9.17) is 9.88 Å². The minimum Gasteiger partial charge on any atom is -0.459 e. The maximum absolute atomic E-state index is 11.3. The lowest BCUT2D eigenvalue weighted by molar-refractivity contribution is -0.145. The van der Waals surface area contributed by atoms with Crippen LogP contribution in [0.15, 0.2) is 12.7 Å². The minimum atomic E-state index is -3.45. The molecule has 90 valence electrons. The van der Waals surface area contributed by atoms with Crippen molar-refractivity contribution in [2.75, 3.05) is 0 Å². The first kappa shape index (κ1) is 11.6. The quantitative estimate of drug-likeness (QED) is 0.567. The van der Waals surface area contributed by atoms with Gasteiger partial charge in [0.2, 0.25) is 10.0 Å². The van der Waals surface area contributed by atoms with E-state index in [9.17, 15) is 13.2 Å². The zero-order chi connectivity index (χ0) is 11.9. The number of primary sulfonamides is 1. The van der Waals surface area contributed by atoms with Crippen LogP contribution in [0.25, 0.3) is 0 Å². The number of carbonyl (C=O) groups is 1. The number of rotatable bonds is 3. The molecular weight excluding hydrogens is 230 g/mol. The van der Waals surface area contributed by atoms with Gasteiger partial charge in [-0.25, -0.2) is 18.4 Å². The Bertz CT molecular complexity index is 417. The first-order chi connectivity index (χ1) is 7.41. The summed E-state index contributed by atoms with van der Waals surface area (Å²) >= 11 is 0. The molecule has 0 aromatic heterocycles. The van der Waals surface area contributed by atoms with Crippen molar-refractivity contribution >= 4 is 16.0 Å². The Balaban J connectivity index is 2.01. The van der Waals surface area contributed by atoms with Gasteiger partial charge in [0, 0.05) is 6.08 Å². The van der Waals surface area contributed by atoms with Crippen LogP contribution >= 0.6 is 0 Å². The molecule has 0 aromatic carbocycles. The van der Waals surface area contributed by atoms with E-state index in [1.165, 1.54) is 0 Å². The van der Waals surface area contributed by atoms with Crippen molar-refractivity contribution < 1.29 is 17.9 Å².